The molecule has 1 saturated heterocycles. The SMILES string of the molecule is CC(C)C[C@@H](C(=O)N1C[C@@]2(C[C@H]1C(N)=O)N=C(c1ccccc1)NC2=O)N(C)C(=O)[C@H](C)N. The Kier molecular flexibility index (Phi) is 6.87. The summed E-state index contributed by atoms with van der Waals surface area (Å²) in [5.41, 5.74) is 10.8. The van der Waals surface area contributed by atoms with E-state index >= 15 is 0 Å². The number of likely N-dealkylation sites (tertiary alicyclic amines) is 1. The third-order valence-electron chi connectivity index (χ3n) is 6.16. The molecule has 0 unspecified atom stereocenters. The van der Waals surface area contributed by atoms with Crippen molar-refractivity contribution in [1.82, 2.24) is 15.1 Å². The van der Waals surface area contributed by atoms with Crippen LogP contribution in [0, 0.1) is 5.92 Å². The maximum atomic E-state index is 13.7. The summed E-state index contributed by atoms with van der Waals surface area (Å²) < 4.78 is 0. The second-order valence-corrected chi connectivity index (χ2v) is 9.28. The minimum atomic E-state index is -1.31. The maximum absolute atomic E-state index is 13.7. The van der Waals surface area contributed by atoms with E-state index in [0.717, 1.165) is 5.56 Å². The van der Waals surface area contributed by atoms with Crippen LogP contribution in [0.5, 0.6) is 0 Å². The predicted molar refractivity (Wildman–Crippen MR) is 123 cm³/mol. The molecule has 1 fully saturated rings. The normalized spacial score (nSPS) is 23.9. The van der Waals surface area contributed by atoms with E-state index in [0.29, 0.717) is 12.3 Å². The highest BCUT2D eigenvalue weighted by molar-refractivity contribution is 6.16. The van der Waals surface area contributed by atoms with Gasteiger partial charge in [-0.15, -0.1) is 0 Å². The van der Waals surface area contributed by atoms with Crippen molar-refractivity contribution in [3.05, 3.63) is 35.9 Å². The van der Waals surface area contributed by atoms with Gasteiger partial charge in [-0.1, -0.05) is 44.2 Å². The fourth-order valence-corrected chi connectivity index (χ4v) is 4.40. The Bertz CT molecular complexity index is 976. The molecule has 10 nitrogen and oxygen atoms in total. The van der Waals surface area contributed by atoms with Gasteiger partial charge in [0.15, 0.2) is 5.54 Å². The topological polar surface area (TPSA) is 151 Å². The van der Waals surface area contributed by atoms with E-state index in [4.69, 9.17) is 11.5 Å². The van der Waals surface area contributed by atoms with E-state index in [9.17, 15) is 19.2 Å². The van der Waals surface area contributed by atoms with Crippen molar-refractivity contribution in [3.8, 4) is 0 Å². The molecule has 178 valence electrons. The minimum Gasteiger partial charge on any atom is -0.368 e. The van der Waals surface area contributed by atoms with E-state index in [1.807, 2.05) is 44.2 Å². The highest BCUT2D eigenvalue weighted by atomic mass is 16.2. The monoisotopic (exact) mass is 456 g/mol. The molecule has 2 heterocycles. The molecule has 0 aliphatic carbocycles. The standard InChI is InChI=1S/C23H32N6O4/c1-13(2)10-16(28(4)20(31)14(3)24)21(32)29-12-23(11-17(29)18(25)30)22(33)26-19(27-23)15-8-6-5-7-9-15/h5-9,13-14,16-17H,10-12,24H2,1-4H3,(H2,25,30)(H,26,27,33)/t14-,16-,17-,23+/m0/s1. The van der Waals surface area contributed by atoms with E-state index in [-0.39, 0.29) is 30.7 Å². The van der Waals surface area contributed by atoms with Crippen LogP contribution in [0.3, 0.4) is 0 Å². The van der Waals surface area contributed by atoms with Crippen LogP contribution < -0.4 is 16.8 Å². The summed E-state index contributed by atoms with van der Waals surface area (Å²) in [5.74, 6) is -1.47. The number of hydrogen-bond donors (Lipinski definition) is 3. The van der Waals surface area contributed by atoms with Gasteiger partial charge in [-0.05, 0) is 19.3 Å². The predicted octanol–water partition coefficient (Wildman–Crippen LogP) is -0.392. The zero-order chi connectivity index (χ0) is 24.5. The highest BCUT2D eigenvalue weighted by Gasteiger charge is 2.56. The molecule has 33 heavy (non-hydrogen) atoms. The number of likely N-dealkylation sites (N-methyl/N-ethyl adjacent to an activating group) is 1. The first-order valence-corrected chi connectivity index (χ1v) is 11.1. The number of nitrogens with two attached hydrogens (primary N) is 2. The van der Waals surface area contributed by atoms with Crippen molar-refractivity contribution in [1.29, 1.82) is 0 Å². The van der Waals surface area contributed by atoms with Gasteiger partial charge in [-0.2, -0.15) is 0 Å². The molecule has 1 aromatic carbocycles. The third kappa shape index (κ3) is 4.75. The molecule has 2 aliphatic rings. The number of aliphatic imine (C=N–C) groups is 1. The molecule has 1 spiro atoms. The molecule has 10 heteroatoms. The molecule has 4 atom stereocenters. The molecular weight excluding hydrogens is 424 g/mol. The maximum Gasteiger partial charge on any atom is 0.255 e. The summed E-state index contributed by atoms with van der Waals surface area (Å²) in [4.78, 5) is 58.8. The van der Waals surface area contributed by atoms with Gasteiger partial charge in [-0.25, -0.2) is 4.99 Å². The van der Waals surface area contributed by atoms with Crippen molar-refractivity contribution < 1.29 is 19.2 Å². The van der Waals surface area contributed by atoms with Crippen LogP contribution >= 0.6 is 0 Å². The Morgan fingerprint density at radius 2 is 1.88 bits per heavy atom. The van der Waals surface area contributed by atoms with Crippen LogP contribution in [-0.2, 0) is 19.2 Å². The van der Waals surface area contributed by atoms with E-state index in [1.165, 1.54) is 16.8 Å². The van der Waals surface area contributed by atoms with Crippen molar-refractivity contribution in [3.63, 3.8) is 0 Å². The summed E-state index contributed by atoms with van der Waals surface area (Å²) in [5, 5.41) is 2.78. The van der Waals surface area contributed by atoms with Gasteiger partial charge < -0.3 is 26.6 Å². The molecule has 0 radical (unpaired) electrons. The lowest BCUT2D eigenvalue weighted by Crippen LogP contribution is -2.56. The summed E-state index contributed by atoms with van der Waals surface area (Å²) in [7, 11) is 1.52. The van der Waals surface area contributed by atoms with Crippen LogP contribution in [-0.4, -0.2) is 76.5 Å². The summed E-state index contributed by atoms with van der Waals surface area (Å²) in [6.45, 7) is 5.32. The van der Waals surface area contributed by atoms with Gasteiger partial charge in [0.25, 0.3) is 5.91 Å². The van der Waals surface area contributed by atoms with Crippen LogP contribution in [0.2, 0.25) is 0 Å². The first-order valence-electron chi connectivity index (χ1n) is 11.1. The molecule has 0 bridgehead atoms. The quantitative estimate of drug-likeness (QED) is 0.510. The van der Waals surface area contributed by atoms with E-state index in [1.54, 1.807) is 6.92 Å². The molecular formula is C23H32N6O4. The van der Waals surface area contributed by atoms with Gasteiger partial charge in [0, 0.05) is 19.0 Å². The number of nitrogens with zero attached hydrogens (tertiary/aromatic N) is 3. The van der Waals surface area contributed by atoms with Gasteiger partial charge >= 0.3 is 0 Å². The zero-order valence-corrected chi connectivity index (χ0v) is 19.4. The average Bonchev–Trinajstić information content (AvgIpc) is 3.32. The highest BCUT2D eigenvalue weighted by Crippen LogP contribution is 2.35. The lowest BCUT2D eigenvalue weighted by Gasteiger charge is -2.34. The van der Waals surface area contributed by atoms with Crippen LogP contribution in [0.15, 0.2) is 35.3 Å². The summed E-state index contributed by atoms with van der Waals surface area (Å²) >= 11 is 0. The van der Waals surface area contributed by atoms with Crippen molar-refractivity contribution >= 4 is 29.5 Å². The second-order valence-electron chi connectivity index (χ2n) is 9.28. The fraction of sp³-hybridized carbons (Fsp3) is 0.522. The van der Waals surface area contributed by atoms with Gasteiger partial charge in [0.1, 0.15) is 17.9 Å². The summed E-state index contributed by atoms with van der Waals surface area (Å²) in [6.07, 6.45) is 0.350. The number of nitrogens with one attached hydrogen (secondary N) is 1. The van der Waals surface area contributed by atoms with Crippen LogP contribution in [0.1, 0.15) is 39.2 Å². The Hall–Kier alpha value is -3.27. The van der Waals surface area contributed by atoms with Gasteiger partial charge in [0.05, 0.1) is 12.6 Å². The molecule has 4 amide bonds. The molecule has 3 rings (SSSR count). The first kappa shape index (κ1) is 24.4. The van der Waals surface area contributed by atoms with Crippen molar-refractivity contribution in [2.75, 3.05) is 13.6 Å². The molecule has 0 aromatic heterocycles. The number of primary amides is 1. The largest absolute Gasteiger partial charge is 0.368 e. The van der Waals surface area contributed by atoms with E-state index < -0.39 is 35.5 Å². The number of amides is 4. The Balaban J connectivity index is 1.95. The van der Waals surface area contributed by atoms with Gasteiger partial charge in [0.2, 0.25) is 17.7 Å². The number of hydrogen-bond acceptors (Lipinski definition) is 6. The number of benzene rings is 1. The minimum absolute atomic E-state index is 0.0183. The van der Waals surface area contributed by atoms with Crippen molar-refractivity contribution in [2.24, 2.45) is 22.4 Å². The molecule has 1 aromatic rings. The lowest BCUT2D eigenvalue weighted by molar-refractivity contribution is -0.148. The number of carbonyl (C=O) groups is 4. The lowest BCUT2D eigenvalue weighted by atomic mass is 9.96. The second kappa shape index (κ2) is 9.30. The van der Waals surface area contributed by atoms with Gasteiger partial charge in [-0.3, -0.25) is 19.2 Å². The van der Waals surface area contributed by atoms with E-state index in [2.05, 4.69) is 10.3 Å². The number of rotatable bonds is 7. The summed E-state index contributed by atoms with van der Waals surface area (Å²) in [6, 6.07) is 6.49. The Labute approximate surface area is 193 Å². The molecule has 5 N–H and O–H groups in total. The average molecular weight is 457 g/mol. The third-order valence-corrected chi connectivity index (χ3v) is 6.16. The molecule has 0 saturated carbocycles. The Morgan fingerprint density at radius 3 is 2.42 bits per heavy atom. The van der Waals surface area contributed by atoms with Crippen LogP contribution in [0.4, 0.5) is 0 Å². The molecule has 2 aliphatic heterocycles. The fourth-order valence-electron chi connectivity index (χ4n) is 4.40. The Morgan fingerprint density at radius 1 is 1.24 bits per heavy atom. The number of carbonyl (C=O) groups excluding carboxylic acids is 4. The van der Waals surface area contributed by atoms with Crippen LogP contribution in [0.25, 0.3) is 0 Å². The van der Waals surface area contributed by atoms with Crippen molar-refractivity contribution in [2.45, 2.75) is 57.3 Å². The smallest absolute Gasteiger partial charge is 0.255 e. The first-order chi connectivity index (χ1) is 15.5. The zero-order valence-electron chi connectivity index (χ0n) is 19.4. The number of amidine groups is 1.